The van der Waals surface area contributed by atoms with Gasteiger partial charge in [0.15, 0.2) is 0 Å². The molecule has 1 nitrogen and oxygen atoms in total. The van der Waals surface area contributed by atoms with Crippen molar-refractivity contribution in [1.29, 1.82) is 0 Å². The zero-order chi connectivity index (χ0) is 17.3. The monoisotopic (exact) mass is 334 g/mol. The van der Waals surface area contributed by atoms with E-state index >= 15 is 0 Å². The molecule has 0 radical (unpaired) electrons. The van der Waals surface area contributed by atoms with Crippen molar-refractivity contribution < 1.29 is 4.42 Å². The SMILES string of the molecule is CC1Cc2ccc3ccccc3c2-c2cc3c(cc21)oc1ccccc13. The van der Waals surface area contributed by atoms with E-state index in [4.69, 9.17) is 4.42 Å². The van der Waals surface area contributed by atoms with Gasteiger partial charge in [-0.05, 0) is 63.6 Å². The minimum Gasteiger partial charge on any atom is -0.456 e. The summed E-state index contributed by atoms with van der Waals surface area (Å²) >= 11 is 0. The van der Waals surface area contributed by atoms with Crippen molar-refractivity contribution in [2.45, 2.75) is 19.3 Å². The number of hydrogen-bond donors (Lipinski definition) is 0. The molecule has 1 aromatic heterocycles. The Kier molecular flexibility index (Phi) is 2.71. The van der Waals surface area contributed by atoms with E-state index in [9.17, 15) is 0 Å². The highest BCUT2D eigenvalue weighted by Gasteiger charge is 2.25. The molecule has 0 amide bonds. The first-order chi connectivity index (χ1) is 12.8. The van der Waals surface area contributed by atoms with Gasteiger partial charge in [-0.1, -0.05) is 61.5 Å². The van der Waals surface area contributed by atoms with Crippen molar-refractivity contribution in [1.82, 2.24) is 0 Å². The second kappa shape index (κ2) is 4.98. The van der Waals surface area contributed by atoms with Crippen LogP contribution >= 0.6 is 0 Å². The van der Waals surface area contributed by atoms with Crippen LogP contribution in [-0.4, -0.2) is 0 Å². The normalized spacial score (nSPS) is 16.1. The van der Waals surface area contributed by atoms with Crippen molar-refractivity contribution in [3.8, 4) is 11.1 Å². The van der Waals surface area contributed by atoms with E-state index in [1.54, 1.807) is 0 Å². The van der Waals surface area contributed by atoms with Gasteiger partial charge in [-0.2, -0.15) is 0 Å². The maximum absolute atomic E-state index is 6.14. The van der Waals surface area contributed by atoms with Gasteiger partial charge >= 0.3 is 0 Å². The third kappa shape index (κ3) is 1.80. The zero-order valence-electron chi connectivity index (χ0n) is 14.6. The molecular weight excluding hydrogens is 316 g/mol. The molecule has 124 valence electrons. The molecule has 4 aromatic carbocycles. The third-order valence-corrected chi connectivity index (χ3v) is 5.89. The van der Waals surface area contributed by atoms with E-state index in [0.29, 0.717) is 5.92 Å². The minimum absolute atomic E-state index is 0.497. The molecule has 0 bridgehead atoms. The minimum atomic E-state index is 0.497. The Morgan fingerprint density at radius 1 is 0.769 bits per heavy atom. The lowest BCUT2D eigenvalue weighted by Crippen LogP contribution is -2.08. The molecular formula is C25H18O. The van der Waals surface area contributed by atoms with Crippen LogP contribution in [0.3, 0.4) is 0 Å². The lowest BCUT2D eigenvalue weighted by molar-refractivity contribution is 0.665. The molecule has 0 saturated heterocycles. The standard InChI is InChI=1S/C25H18O/c1-15-12-17-11-10-16-6-2-3-7-18(16)25(17)22-13-21-19-8-4-5-9-23(19)26-24(21)14-20(15)22/h2-11,13-15H,12H2,1H3. The van der Waals surface area contributed by atoms with E-state index < -0.39 is 0 Å². The summed E-state index contributed by atoms with van der Waals surface area (Å²) in [7, 11) is 0. The molecule has 0 N–H and O–H groups in total. The van der Waals surface area contributed by atoms with Crippen LogP contribution in [0.15, 0.2) is 77.2 Å². The Morgan fingerprint density at radius 2 is 1.58 bits per heavy atom. The van der Waals surface area contributed by atoms with Crippen LogP contribution in [-0.2, 0) is 6.42 Å². The topological polar surface area (TPSA) is 13.1 Å². The molecule has 5 aromatic rings. The van der Waals surface area contributed by atoms with Crippen LogP contribution < -0.4 is 0 Å². The number of rotatable bonds is 0. The van der Waals surface area contributed by atoms with Gasteiger partial charge in [0.1, 0.15) is 11.2 Å². The van der Waals surface area contributed by atoms with Crippen LogP contribution in [0.5, 0.6) is 0 Å². The van der Waals surface area contributed by atoms with Crippen molar-refractivity contribution in [3.63, 3.8) is 0 Å². The van der Waals surface area contributed by atoms with Gasteiger partial charge in [-0.15, -0.1) is 0 Å². The first-order valence-electron chi connectivity index (χ1n) is 9.26. The van der Waals surface area contributed by atoms with E-state index in [2.05, 4.69) is 73.7 Å². The van der Waals surface area contributed by atoms with Crippen molar-refractivity contribution in [2.24, 2.45) is 0 Å². The average Bonchev–Trinajstić information content (AvgIpc) is 3.04. The molecule has 0 spiro atoms. The first-order valence-corrected chi connectivity index (χ1v) is 9.26. The fourth-order valence-corrected chi connectivity index (χ4v) is 4.66. The highest BCUT2D eigenvalue weighted by molar-refractivity contribution is 6.09. The molecule has 1 aliphatic carbocycles. The molecule has 1 unspecified atom stereocenters. The molecule has 1 heteroatoms. The average molecular weight is 334 g/mol. The van der Waals surface area contributed by atoms with E-state index in [0.717, 1.165) is 17.6 Å². The van der Waals surface area contributed by atoms with Crippen LogP contribution in [0, 0.1) is 0 Å². The Morgan fingerprint density at radius 3 is 2.50 bits per heavy atom. The zero-order valence-corrected chi connectivity index (χ0v) is 14.6. The summed E-state index contributed by atoms with van der Waals surface area (Å²) in [6.07, 6.45) is 1.08. The smallest absolute Gasteiger partial charge is 0.135 e. The van der Waals surface area contributed by atoms with Crippen molar-refractivity contribution >= 4 is 32.7 Å². The molecule has 6 rings (SSSR count). The van der Waals surface area contributed by atoms with Crippen LogP contribution in [0.25, 0.3) is 43.8 Å². The van der Waals surface area contributed by atoms with Gasteiger partial charge in [0.05, 0.1) is 0 Å². The van der Waals surface area contributed by atoms with Gasteiger partial charge < -0.3 is 4.42 Å². The molecule has 0 saturated carbocycles. The van der Waals surface area contributed by atoms with E-state index in [1.165, 1.54) is 43.8 Å². The Labute approximate surface area is 151 Å². The third-order valence-electron chi connectivity index (χ3n) is 5.89. The molecule has 1 atom stereocenters. The second-order valence-electron chi connectivity index (χ2n) is 7.46. The molecule has 0 aliphatic heterocycles. The quantitative estimate of drug-likeness (QED) is 0.295. The van der Waals surface area contributed by atoms with Gasteiger partial charge in [-0.25, -0.2) is 0 Å². The second-order valence-corrected chi connectivity index (χ2v) is 7.46. The van der Waals surface area contributed by atoms with E-state index in [1.807, 2.05) is 6.07 Å². The van der Waals surface area contributed by atoms with Crippen LogP contribution in [0.4, 0.5) is 0 Å². The largest absolute Gasteiger partial charge is 0.456 e. The Hall–Kier alpha value is -3.06. The maximum Gasteiger partial charge on any atom is 0.135 e. The fraction of sp³-hybridized carbons (Fsp3) is 0.120. The molecule has 1 heterocycles. The summed E-state index contributed by atoms with van der Waals surface area (Å²) < 4.78 is 6.14. The number of furan rings is 1. The summed E-state index contributed by atoms with van der Waals surface area (Å²) in [5.41, 5.74) is 7.60. The Bertz CT molecular complexity index is 1320. The van der Waals surface area contributed by atoms with Gasteiger partial charge in [-0.3, -0.25) is 0 Å². The van der Waals surface area contributed by atoms with Crippen molar-refractivity contribution in [2.75, 3.05) is 0 Å². The molecule has 0 fully saturated rings. The molecule has 26 heavy (non-hydrogen) atoms. The summed E-state index contributed by atoms with van der Waals surface area (Å²) in [4.78, 5) is 0. The van der Waals surface area contributed by atoms with Gasteiger partial charge in [0.25, 0.3) is 0 Å². The highest BCUT2D eigenvalue weighted by atomic mass is 16.3. The predicted octanol–water partition coefficient (Wildman–Crippen LogP) is 7.07. The summed E-state index contributed by atoms with van der Waals surface area (Å²) in [6.45, 7) is 2.32. The first kappa shape index (κ1) is 14.1. The van der Waals surface area contributed by atoms with E-state index in [-0.39, 0.29) is 0 Å². The number of para-hydroxylation sites is 1. The highest BCUT2D eigenvalue weighted by Crippen LogP contribution is 2.45. The molecule has 1 aliphatic rings. The van der Waals surface area contributed by atoms with Crippen LogP contribution in [0.1, 0.15) is 24.0 Å². The Balaban J connectivity index is 1.78. The summed E-state index contributed by atoms with van der Waals surface area (Å²) in [6, 6.07) is 26.3. The fourth-order valence-electron chi connectivity index (χ4n) is 4.66. The van der Waals surface area contributed by atoms with Crippen molar-refractivity contribution in [3.05, 3.63) is 83.9 Å². The van der Waals surface area contributed by atoms with Crippen LogP contribution in [0.2, 0.25) is 0 Å². The number of fused-ring (bicyclic) bond motifs is 8. The van der Waals surface area contributed by atoms with Gasteiger partial charge in [0.2, 0.25) is 0 Å². The maximum atomic E-state index is 6.14. The number of benzene rings is 4. The lowest BCUT2D eigenvalue weighted by Gasteiger charge is -2.26. The summed E-state index contributed by atoms with van der Waals surface area (Å²) in [5, 5.41) is 5.08. The lowest BCUT2D eigenvalue weighted by atomic mass is 9.77. The predicted molar refractivity (Wildman–Crippen MR) is 109 cm³/mol. The summed E-state index contributed by atoms with van der Waals surface area (Å²) in [5.74, 6) is 0.497. The number of hydrogen-bond acceptors (Lipinski definition) is 1. The van der Waals surface area contributed by atoms with Gasteiger partial charge in [0, 0.05) is 10.8 Å².